The van der Waals surface area contributed by atoms with Gasteiger partial charge in [-0.3, -0.25) is 0 Å². The Hall–Kier alpha value is -0.860. The molecular formula is C14H17ClFN. The van der Waals surface area contributed by atoms with Gasteiger partial charge in [0.15, 0.2) is 0 Å². The molecule has 1 aromatic carbocycles. The molecule has 0 fully saturated rings. The highest BCUT2D eigenvalue weighted by Crippen LogP contribution is 2.33. The van der Waals surface area contributed by atoms with E-state index < -0.39 is 0 Å². The summed E-state index contributed by atoms with van der Waals surface area (Å²) in [4.78, 5) is 0. The fourth-order valence-electron chi connectivity index (χ4n) is 2.35. The van der Waals surface area contributed by atoms with Crippen molar-refractivity contribution in [2.24, 2.45) is 0 Å². The zero-order chi connectivity index (χ0) is 12.3. The van der Waals surface area contributed by atoms with E-state index in [1.165, 1.54) is 12.0 Å². The zero-order valence-electron chi connectivity index (χ0n) is 9.97. The Labute approximate surface area is 107 Å². The van der Waals surface area contributed by atoms with Crippen molar-refractivity contribution in [2.75, 3.05) is 6.54 Å². The standard InChI is InChI=1S/C14H17ClFN/c1-2-17-14(10-6-3-4-7-10)11-8-5-9-12(15)13(11)16/h5-6,8-9,14,17H,2-4,7H2,1H3. The van der Waals surface area contributed by atoms with E-state index in [-0.39, 0.29) is 16.9 Å². The summed E-state index contributed by atoms with van der Waals surface area (Å²) < 4.78 is 14.0. The maximum atomic E-state index is 14.0. The number of likely N-dealkylation sites (N-methyl/N-ethyl adjacent to an activating group) is 1. The van der Waals surface area contributed by atoms with Crippen molar-refractivity contribution in [1.82, 2.24) is 5.32 Å². The molecule has 1 unspecified atom stereocenters. The van der Waals surface area contributed by atoms with Crippen molar-refractivity contribution in [1.29, 1.82) is 0 Å². The first-order chi connectivity index (χ1) is 8.24. The van der Waals surface area contributed by atoms with E-state index in [1.54, 1.807) is 12.1 Å². The molecule has 3 heteroatoms. The van der Waals surface area contributed by atoms with Crippen molar-refractivity contribution in [3.63, 3.8) is 0 Å². The molecule has 0 aliphatic heterocycles. The van der Waals surface area contributed by atoms with Crippen LogP contribution in [0.1, 0.15) is 37.8 Å². The summed E-state index contributed by atoms with van der Waals surface area (Å²) in [6, 6.07) is 5.18. The lowest BCUT2D eigenvalue weighted by Gasteiger charge is -2.21. The third-order valence-corrected chi connectivity index (χ3v) is 3.44. The monoisotopic (exact) mass is 253 g/mol. The summed E-state index contributed by atoms with van der Waals surface area (Å²) in [6.07, 6.45) is 5.52. The molecule has 0 saturated carbocycles. The van der Waals surface area contributed by atoms with Gasteiger partial charge in [0, 0.05) is 5.56 Å². The van der Waals surface area contributed by atoms with Crippen LogP contribution in [0.2, 0.25) is 5.02 Å². The summed E-state index contributed by atoms with van der Waals surface area (Å²) in [5, 5.41) is 3.54. The topological polar surface area (TPSA) is 12.0 Å². The molecule has 0 saturated heterocycles. The van der Waals surface area contributed by atoms with Crippen LogP contribution in [0.25, 0.3) is 0 Å². The maximum absolute atomic E-state index is 14.0. The average molecular weight is 254 g/mol. The van der Waals surface area contributed by atoms with Gasteiger partial charge in [0.25, 0.3) is 0 Å². The van der Waals surface area contributed by atoms with Crippen LogP contribution in [0.4, 0.5) is 4.39 Å². The van der Waals surface area contributed by atoms with Gasteiger partial charge < -0.3 is 5.32 Å². The number of halogens is 2. The van der Waals surface area contributed by atoms with Crippen molar-refractivity contribution in [3.8, 4) is 0 Å². The van der Waals surface area contributed by atoms with Gasteiger partial charge >= 0.3 is 0 Å². The summed E-state index contributed by atoms with van der Waals surface area (Å²) in [5.41, 5.74) is 1.94. The van der Waals surface area contributed by atoms with Crippen molar-refractivity contribution in [2.45, 2.75) is 32.2 Å². The normalized spacial score (nSPS) is 17.0. The second-order valence-electron chi connectivity index (χ2n) is 4.31. The van der Waals surface area contributed by atoms with Crippen LogP contribution in [0, 0.1) is 5.82 Å². The van der Waals surface area contributed by atoms with E-state index in [0.29, 0.717) is 5.56 Å². The Morgan fingerprint density at radius 3 is 2.94 bits per heavy atom. The molecule has 92 valence electrons. The molecule has 0 aromatic heterocycles. The Morgan fingerprint density at radius 1 is 1.47 bits per heavy atom. The SMILES string of the molecule is CCNC(C1=CCCC1)c1cccc(Cl)c1F. The lowest BCUT2D eigenvalue weighted by molar-refractivity contribution is 0.547. The van der Waals surface area contributed by atoms with Crippen LogP contribution in [-0.2, 0) is 0 Å². The predicted molar refractivity (Wildman–Crippen MR) is 69.8 cm³/mol. The predicted octanol–water partition coefficient (Wildman–Crippen LogP) is 4.24. The van der Waals surface area contributed by atoms with E-state index in [9.17, 15) is 4.39 Å². The third kappa shape index (κ3) is 2.70. The molecular weight excluding hydrogens is 237 g/mol. The van der Waals surface area contributed by atoms with Crippen LogP contribution in [0.15, 0.2) is 29.8 Å². The molecule has 0 bridgehead atoms. The minimum absolute atomic E-state index is 0.0267. The zero-order valence-corrected chi connectivity index (χ0v) is 10.7. The second kappa shape index (κ2) is 5.65. The summed E-state index contributed by atoms with van der Waals surface area (Å²) >= 11 is 5.84. The van der Waals surface area contributed by atoms with Crippen LogP contribution in [0.3, 0.4) is 0 Å². The molecule has 0 amide bonds. The molecule has 2 rings (SSSR count). The Kier molecular flexibility index (Phi) is 4.19. The van der Waals surface area contributed by atoms with Gasteiger partial charge in [-0.2, -0.15) is 0 Å². The highest BCUT2D eigenvalue weighted by atomic mass is 35.5. The van der Waals surface area contributed by atoms with Crippen LogP contribution < -0.4 is 5.32 Å². The number of nitrogens with one attached hydrogen (secondary N) is 1. The van der Waals surface area contributed by atoms with Gasteiger partial charge in [-0.25, -0.2) is 4.39 Å². The fourth-order valence-corrected chi connectivity index (χ4v) is 2.53. The lowest BCUT2D eigenvalue weighted by atomic mass is 9.97. The Bertz CT molecular complexity index is 428. The van der Waals surface area contributed by atoms with Crippen molar-refractivity contribution >= 4 is 11.6 Å². The largest absolute Gasteiger partial charge is 0.307 e. The van der Waals surface area contributed by atoms with Crippen LogP contribution >= 0.6 is 11.6 Å². The number of rotatable bonds is 4. The molecule has 1 N–H and O–H groups in total. The Balaban J connectivity index is 2.35. The Morgan fingerprint density at radius 2 is 2.29 bits per heavy atom. The second-order valence-corrected chi connectivity index (χ2v) is 4.71. The van der Waals surface area contributed by atoms with E-state index >= 15 is 0 Å². The first-order valence-electron chi connectivity index (χ1n) is 6.10. The van der Waals surface area contributed by atoms with Crippen LogP contribution in [0.5, 0.6) is 0 Å². The minimum atomic E-state index is -0.298. The maximum Gasteiger partial charge on any atom is 0.146 e. The summed E-state index contributed by atoms with van der Waals surface area (Å²) in [5.74, 6) is -0.298. The van der Waals surface area contributed by atoms with Gasteiger partial charge in [-0.1, -0.05) is 42.3 Å². The number of hydrogen-bond acceptors (Lipinski definition) is 1. The smallest absolute Gasteiger partial charge is 0.146 e. The van der Waals surface area contributed by atoms with Gasteiger partial charge in [0.2, 0.25) is 0 Å². The molecule has 1 aromatic rings. The van der Waals surface area contributed by atoms with E-state index in [1.807, 2.05) is 13.0 Å². The highest BCUT2D eigenvalue weighted by Gasteiger charge is 2.21. The average Bonchev–Trinajstić information content (AvgIpc) is 2.84. The quantitative estimate of drug-likeness (QED) is 0.792. The first kappa shape index (κ1) is 12.6. The molecule has 0 heterocycles. The van der Waals surface area contributed by atoms with Crippen molar-refractivity contribution < 1.29 is 4.39 Å². The molecule has 1 aliphatic rings. The number of hydrogen-bond donors (Lipinski definition) is 1. The number of benzene rings is 1. The summed E-state index contributed by atoms with van der Waals surface area (Å²) in [7, 11) is 0. The van der Waals surface area contributed by atoms with Crippen LogP contribution in [-0.4, -0.2) is 6.54 Å². The van der Waals surface area contributed by atoms with E-state index in [0.717, 1.165) is 19.4 Å². The lowest BCUT2D eigenvalue weighted by Crippen LogP contribution is -2.23. The van der Waals surface area contributed by atoms with Gasteiger partial charge in [0.05, 0.1) is 11.1 Å². The van der Waals surface area contributed by atoms with Crippen molar-refractivity contribution in [3.05, 3.63) is 46.3 Å². The van der Waals surface area contributed by atoms with Gasteiger partial charge in [-0.15, -0.1) is 0 Å². The molecule has 1 atom stereocenters. The molecule has 1 aliphatic carbocycles. The summed E-state index contributed by atoms with van der Waals surface area (Å²) in [6.45, 7) is 2.85. The van der Waals surface area contributed by atoms with E-state index in [4.69, 9.17) is 11.6 Å². The molecule has 0 spiro atoms. The van der Waals surface area contributed by atoms with Gasteiger partial charge in [0.1, 0.15) is 5.82 Å². The fraction of sp³-hybridized carbons (Fsp3) is 0.429. The molecule has 0 radical (unpaired) electrons. The molecule has 1 nitrogen and oxygen atoms in total. The van der Waals surface area contributed by atoms with Gasteiger partial charge in [-0.05, 0) is 31.9 Å². The first-order valence-corrected chi connectivity index (χ1v) is 6.48. The highest BCUT2D eigenvalue weighted by molar-refractivity contribution is 6.30. The van der Waals surface area contributed by atoms with E-state index in [2.05, 4.69) is 11.4 Å². The minimum Gasteiger partial charge on any atom is -0.307 e. The number of allylic oxidation sites excluding steroid dienone is 1. The third-order valence-electron chi connectivity index (χ3n) is 3.15. The molecule has 17 heavy (non-hydrogen) atoms.